The summed E-state index contributed by atoms with van der Waals surface area (Å²) in [7, 11) is -3.62. The Bertz CT molecular complexity index is 536. The van der Waals surface area contributed by atoms with Gasteiger partial charge in [-0.15, -0.1) is 11.3 Å². The molecule has 0 aromatic carbocycles. The molecule has 0 saturated carbocycles. The molecule has 0 aliphatic rings. The first-order chi connectivity index (χ1) is 9.40. The second-order valence-electron chi connectivity index (χ2n) is 4.67. The van der Waals surface area contributed by atoms with Crippen LogP contribution < -0.4 is 4.72 Å². The van der Waals surface area contributed by atoms with Gasteiger partial charge in [0.2, 0.25) is 10.0 Å². The summed E-state index contributed by atoms with van der Waals surface area (Å²) in [5, 5.41) is 8.84. The van der Waals surface area contributed by atoms with E-state index in [0.717, 1.165) is 43.4 Å². The van der Waals surface area contributed by atoms with Crippen molar-refractivity contribution in [1.29, 1.82) is 0 Å². The minimum absolute atomic E-state index is 0.0333. The van der Waals surface area contributed by atoms with Gasteiger partial charge < -0.3 is 5.11 Å². The molecule has 0 radical (unpaired) electrons. The van der Waals surface area contributed by atoms with Crippen LogP contribution in [0, 0.1) is 0 Å². The minimum atomic E-state index is -3.62. The van der Waals surface area contributed by atoms with Crippen molar-refractivity contribution >= 4 is 27.3 Å². The number of hydrogen-bond acceptors (Lipinski definition) is 4. The zero-order chi connectivity index (χ0) is 15.2. The van der Waals surface area contributed by atoms with E-state index in [1.807, 2.05) is 6.92 Å². The van der Waals surface area contributed by atoms with Crippen LogP contribution in [-0.4, -0.2) is 25.5 Å². The van der Waals surface area contributed by atoms with Gasteiger partial charge in [-0.3, -0.25) is 0 Å². The lowest BCUT2D eigenvalue weighted by Gasteiger charge is -2.17. The van der Waals surface area contributed by atoms with E-state index in [4.69, 9.17) is 5.11 Å². The van der Waals surface area contributed by atoms with E-state index < -0.39 is 16.0 Å². The van der Waals surface area contributed by atoms with Crippen molar-refractivity contribution in [2.75, 3.05) is 0 Å². The molecule has 7 heteroatoms. The predicted molar refractivity (Wildman–Crippen MR) is 79.8 cm³/mol. The fraction of sp³-hybridized carbons (Fsp3) is 0.615. The quantitative estimate of drug-likeness (QED) is 0.732. The van der Waals surface area contributed by atoms with Crippen molar-refractivity contribution in [2.24, 2.45) is 0 Å². The number of aromatic carboxylic acids is 1. The number of carboxylic acid groups (broad SMARTS) is 1. The fourth-order valence-electron chi connectivity index (χ4n) is 1.92. The topological polar surface area (TPSA) is 83.5 Å². The Balaban J connectivity index is 2.82. The Morgan fingerprint density at radius 3 is 2.50 bits per heavy atom. The summed E-state index contributed by atoms with van der Waals surface area (Å²) in [6.45, 7) is 4.08. The zero-order valence-electron chi connectivity index (χ0n) is 11.8. The standard InChI is InChI=1S/C13H21NO4S2/c1-3-5-7-10(6-4-2)14-20(17,18)12-9-8-11(19-12)13(15)16/h8-10,14H,3-7H2,1-2H3,(H,15,16). The van der Waals surface area contributed by atoms with Gasteiger partial charge in [0.05, 0.1) is 0 Å². The predicted octanol–water partition coefficient (Wildman–Crippen LogP) is 3.08. The van der Waals surface area contributed by atoms with E-state index >= 15 is 0 Å². The van der Waals surface area contributed by atoms with Crippen LogP contribution in [0.4, 0.5) is 0 Å². The molecule has 0 bridgehead atoms. The Labute approximate surface area is 124 Å². The molecule has 0 spiro atoms. The van der Waals surface area contributed by atoms with Gasteiger partial charge >= 0.3 is 5.97 Å². The molecule has 1 rings (SSSR count). The van der Waals surface area contributed by atoms with Gasteiger partial charge in [-0.05, 0) is 25.0 Å². The Hall–Kier alpha value is -0.920. The summed E-state index contributed by atoms with van der Waals surface area (Å²) in [5.41, 5.74) is 0. The third-order valence-corrected chi connectivity index (χ3v) is 6.01. The second-order valence-corrected chi connectivity index (χ2v) is 7.70. The van der Waals surface area contributed by atoms with Gasteiger partial charge in [0.15, 0.2) is 0 Å². The lowest BCUT2D eigenvalue weighted by molar-refractivity contribution is 0.0702. The molecular formula is C13H21NO4S2. The van der Waals surface area contributed by atoms with Crippen LogP contribution in [0.5, 0.6) is 0 Å². The highest BCUT2D eigenvalue weighted by molar-refractivity contribution is 7.91. The van der Waals surface area contributed by atoms with E-state index in [9.17, 15) is 13.2 Å². The number of unbranched alkanes of at least 4 members (excludes halogenated alkanes) is 1. The molecule has 1 unspecified atom stereocenters. The van der Waals surface area contributed by atoms with Gasteiger partial charge in [-0.25, -0.2) is 17.9 Å². The number of sulfonamides is 1. The van der Waals surface area contributed by atoms with E-state index in [1.165, 1.54) is 12.1 Å². The van der Waals surface area contributed by atoms with Crippen molar-refractivity contribution in [2.45, 2.75) is 56.2 Å². The average Bonchev–Trinajstić information content (AvgIpc) is 2.86. The molecule has 0 aliphatic heterocycles. The maximum Gasteiger partial charge on any atom is 0.345 e. The van der Waals surface area contributed by atoms with Crippen molar-refractivity contribution in [3.05, 3.63) is 17.0 Å². The number of rotatable bonds is 9. The minimum Gasteiger partial charge on any atom is -0.477 e. The first-order valence-electron chi connectivity index (χ1n) is 6.76. The first-order valence-corrected chi connectivity index (χ1v) is 9.06. The number of hydrogen-bond donors (Lipinski definition) is 2. The molecule has 0 fully saturated rings. The molecule has 0 saturated heterocycles. The molecule has 1 atom stereocenters. The Morgan fingerprint density at radius 1 is 1.30 bits per heavy atom. The molecule has 1 aromatic rings. The van der Waals surface area contributed by atoms with Crippen LogP contribution in [0.3, 0.4) is 0 Å². The van der Waals surface area contributed by atoms with Crippen LogP contribution in [0.2, 0.25) is 0 Å². The van der Waals surface area contributed by atoms with Gasteiger partial charge in [-0.1, -0.05) is 33.1 Å². The lowest BCUT2D eigenvalue weighted by Crippen LogP contribution is -2.34. The van der Waals surface area contributed by atoms with Crippen LogP contribution >= 0.6 is 11.3 Å². The SMILES string of the molecule is CCCCC(CCC)NS(=O)(=O)c1ccc(C(=O)O)s1. The smallest absolute Gasteiger partial charge is 0.345 e. The largest absolute Gasteiger partial charge is 0.477 e. The normalized spacial score (nSPS) is 13.3. The maximum atomic E-state index is 12.2. The summed E-state index contributed by atoms with van der Waals surface area (Å²) in [5.74, 6) is -1.10. The van der Waals surface area contributed by atoms with E-state index in [1.54, 1.807) is 0 Å². The molecule has 1 aromatic heterocycles. The van der Waals surface area contributed by atoms with Crippen LogP contribution in [0.1, 0.15) is 55.6 Å². The Morgan fingerprint density at radius 2 is 2.00 bits per heavy atom. The maximum absolute atomic E-state index is 12.2. The van der Waals surface area contributed by atoms with Crippen molar-refractivity contribution in [3.63, 3.8) is 0 Å². The number of nitrogens with one attached hydrogen (secondary N) is 1. The zero-order valence-corrected chi connectivity index (χ0v) is 13.4. The molecule has 0 amide bonds. The van der Waals surface area contributed by atoms with Gasteiger partial charge in [0.1, 0.15) is 9.09 Å². The number of thiophene rings is 1. The second kappa shape index (κ2) is 7.75. The highest BCUT2D eigenvalue weighted by Crippen LogP contribution is 2.22. The van der Waals surface area contributed by atoms with Crippen LogP contribution in [-0.2, 0) is 10.0 Å². The summed E-state index contributed by atoms with van der Waals surface area (Å²) in [6.07, 6.45) is 4.49. The third-order valence-electron chi connectivity index (χ3n) is 2.92. The summed E-state index contributed by atoms with van der Waals surface area (Å²) in [6, 6.07) is 2.59. The van der Waals surface area contributed by atoms with E-state index in [0.29, 0.717) is 0 Å². The summed E-state index contributed by atoms with van der Waals surface area (Å²) >= 11 is 0.782. The van der Waals surface area contributed by atoms with Crippen LogP contribution in [0.25, 0.3) is 0 Å². The highest BCUT2D eigenvalue weighted by atomic mass is 32.2. The van der Waals surface area contributed by atoms with Crippen molar-refractivity contribution in [1.82, 2.24) is 4.72 Å². The van der Waals surface area contributed by atoms with E-state index in [2.05, 4.69) is 11.6 Å². The lowest BCUT2D eigenvalue weighted by atomic mass is 10.1. The van der Waals surface area contributed by atoms with Crippen molar-refractivity contribution in [3.8, 4) is 0 Å². The fourth-order valence-corrected chi connectivity index (χ4v) is 4.38. The molecule has 2 N–H and O–H groups in total. The highest BCUT2D eigenvalue weighted by Gasteiger charge is 2.22. The molecule has 20 heavy (non-hydrogen) atoms. The average molecular weight is 319 g/mol. The van der Waals surface area contributed by atoms with Crippen molar-refractivity contribution < 1.29 is 18.3 Å². The monoisotopic (exact) mass is 319 g/mol. The molecule has 5 nitrogen and oxygen atoms in total. The van der Waals surface area contributed by atoms with Crippen LogP contribution in [0.15, 0.2) is 16.3 Å². The molecule has 114 valence electrons. The molecule has 0 aliphatic carbocycles. The Kier molecular flexibility index (Phi) is 6.64. The first kappa shape index (κ1) is 17.1. The van der Waals surface area contributed by atoms with Gasteiger partial charge in [0, 0.05) is 6.04 Å². The number of carbonyl (C=O) groups is 1. The van der Waals surface area contributed by atoms with E-state index in [-0.39, 0.29) is 15.1 Å². The summed E-state index contributed by atoms with van der Waals surface area (Å²) < 4.78 is 27.2. The van der Waals surface area contributed by atoms with Gasteiger partial charge in [-0.2, -0.15) is 0 Å². The molecular weight excluding hydrogens is 298 g/mol. The number of carboxylic acids is 1. The van der Waals surface area contributed by atoms with Gasteiger partial charge in [0.25, 0.3) is 0 Å². The molecule has 1 heterocycles. The summed E-state index contributed by atoms with van der Waals surface area (Å²) in [4.78, 5) is 10.8. The third kappa shape index (κ3) is 4.88.